The summed E-state index contributed by atoms with van der Waals surface area (Å²) in [4.78, 5) is 11.4. The summed E-state index contributed by atoms with van der Waals surface area (Å²) in [5.41, 5.74) is 9.88. The molecule has 0 saturated heterocycles. The third-order valence-electron chi connectivity index (χ3n) is 3.29. The molecule has 1 aromatic heterocycles. The third-order valence-corrected chi connectivity index (χ3v) is 3.29. The van der Waals surface area contributed by atoms with Gasteiger partial charge in [-0.15, -0.1) is 0 Å². The highest BCUT2D eigenvalue weighted by Crippen LogP contribution is 2.20. The lowest BCUT2D eigenvalue weighted by Crippen LogP contribution is -2.27. The standard InChI is InChI=1S/C14H16N4/c1-18-7-6-13-11(9-18)8-16-14(17-13)10-2-4-12(15)5-3-10/h2-5,8H,6-7,9,15H2,1H3. The Morgan fingerprint density at radius 1 is 1.22 bits per heavy atom. The van der Waals surface area contributed by atoms with E-state index in [1.165, 1.54) is 11.3 Å². The van der Waals surface area contributed by atoms with Crippen LogP contribution in [-0.2, 0) is 13.0 Å². The Labute approximate surface area is 106 Å². The number of benzene rings is 1. The highest BCUT2D eigenvalue weighted by molar-refractivity contribution is 5.58. The lowest BCUT2D eigenvalue weighted by Gasteiger charge is -2.23. The summed E-state index contributed by atoms with van der Waals surface area (Å²) in [6, 6.07) is 7.69. The van der Waals surface area contributed by atoms with Gasteiger partial charge >= 0.3 is 0 Å². The van der Waals surface area contributed by atoms with Crippen LogP contribution in [0.2, 0.25) is 0 Å². The molecule has 0 spiro atoms. The van der Waals surface area contributed by atoms with Crippen molar-refractivity contribution in [1.82, 2.24) is 14.9 Å². The van der Waals surface area contributed by atoms with Crippen molar-refractivity contribution >= 4 is 5.69 Å². The minimum atomic E-state index is 0.762. The number of nitrogens with zero attached hydrogens (tertiary/aromatic N) is 3. The van der Waals surface area contributed by atoms with Gasteiger partial charge in [-0.3, -0.25) is 0 Å². The molecule has 1 aliphatic rings. The third kappa shape index (κ3) is 2.07. The van der Waals surface area contributed by atoms with E-state index in [9.17, 15) is 0 Å². The minimum absolute atomic E-state index is 0.762. The van der Waals surface area contributed by atoms with Gasteiger partial charge in [0.1, 0.15) is 0 Å². The lowest BCUT2D eigenvalue weighted by molar-refractivity contribution is 0.309. The van der Waals surface area contributed by atoms with Gasteiger partial charge < -0.3 is 10.6 Å². The Morgan fingerprint density at radius 2 is 2.00 bits per heavy atom. The molecule has 1 aromatic carbocycles. The number of fused-ring (bicyclic) bond motifs is 1. The van der Waals surface area contributed by atoms with Crippen molar-refractivity contribution in [1.29, 1.82) is 0 Å². The van der Waals surface area contributed by atoms with Crippen molar-refractivity contribution in [3.8, 4) is 11.4 Å². The molecule has 0 unspecified atom stereocenters. The molecule has 18 heavy (non-hydrogen) atoms. The predicted molar refractivity (Wildman–Crippen MR) is 71.9 cm³/mol. The van der Waals surface area contributed by atoms with Gasteiger partial charge in [0.05, 0.1) is 5.69 Å². The van der Waals surface area contributed by atoms with Gasteiger partial charge in [0.15, 0.2) is 5.82 Å². The summed E-state index contributed by atoms with van der Waals surface area (Å²) >= 11 is 0. The molecule has 1 aliphatic heterocycles. The van der Waals surface area contributed by atoms with Crippen molar-refractivity contribution in [2.75, 3.05) is 19.3 Å². The molecule has 3 rings (SSSR count). The zero-order valence-electron chi connectivity index (χ0n) is 10.4. The van der Waals surface area contributed by atoms with Gasteiger partial charge in [0.25, 0.3) is 0 Å². The van der Waals surface area contributed by atoms with Gasteiger partial charge in [-0.1, -0.05) is 0 Å². The molecule has 0 fully saturated rings. The fourth-order valence-corrected chi connectivity index (χ4v) is 2.23. The van der Waals surface area contributed by atoms with Crippen LogP contribution in [0, 0.1) is 0 Å². The average molecular weight is 240 g/mol. The van der Waals surface area contributed by atoms with Crippen molar-refractivity contribution < 1.29 is 0 Å². The van der Waals surface area contributed by atoms with Gasteiger partial charge in [0.2, 0.25) is 0 Å². The minimum Gasteiger partial charge on any atom is -0.399 e. The second kappa shape index (κ2) is 4.38. The first-order valence-electron chi connectivity index (χ1n) is 6.11. The molecular formula is C14H16N4. The predicted octanol–water partition coefficient (Wildman–Crippen LogP) is 1.71. The number of aromatic nitrogens is 2. The zero-order valence-corrected chi connectivity index (χ0v) is 10.4. The van der Waals surface area contributed by atoms with Crippen molar-refractivity contribution in [3.05, 3.63) is 41.7 Å². The maximum Gasteiger partial charge on any atom is 0.159 e. The smallest absolute Gasteiger partial charge is 0.159 e. The van der Waals surface area contributed by atoms with Crippen LogP contribution in [0.5, 0.6) is 0 Å². The van der Waals surface area contributed by atoms with Crippen LogP contribution in [-0.4, -0.2) is 28.5 Å². The summed E-state index contributed by atoms with van der Waals surface area (Å²) in [5, 5.41) is 0. The summed E-state index contributed by atoms with van der Waals surface area (Å²) in [6.07, 6.45) is 2.94. The van der Waals surface area contributed by atoms with Crippen LogP contribution < -0.4 is 5.73 Å². The molecule has 0 saturated carbocycles. The molecular weight excluding hydrogens is 224 g/mol. The molecule has 4 nitrogen and oxygen atoms in total. The molecule has 0 bridgehead atoms. The van der Waals surface area contributed by atoms with E-state index in [0.29, 0.717) is 0 Å². The molecule has 92 valence electrons. The van der Waals surface area contributed by atoms with Crippen LogP contribution in [0.15, 0.2) is 30.5 Å². The number of nitrogens with two attached hydrogens (primary N) is 1. The maximum absolute atomic E-state index is 5.68. The molecule has 0 aliphatic carbocycles. The lowest BCUT2D eigenvalue weighted by atomic mass is 10.1. The first-order chi connectivity index (χ1) is 8.72. The van der Waals surface area contributed by atoms with E-state index in [2.05, 4.69) is 21.9 Å². The Hall–Kier alpha value is -1.94. The number of nitrogen functional groups attached to an aromatic ring is 1. The van der Waals surface area contributed by atoms with Gasteiger partial charge in [-0.05, 0) is 31.3 Å². The average Bonchev–Trinajstić information content (AvgIpc) is 2.39. The van der Waals surface area contributed by atoms with Crippen LogP contribution in [0.3, 0.4) is 0 Å². The molecule has 0 atom stereocenters. The number of hydrogen-bond donors (Lipinski definition) is 1. The van der Waals surface area contributed by atoms with Crippen LogP contribution in [0.4, 0.5) is 5.69 Å². The van der Waals surface area contributed by atoms with E-state index in [1.807, 2.05) is 30.5 Å². The number of likely N-dealkylation sites (N-methyl/N-ethyl adjacent to an activating group) is 1. The Kier molecular flexibility index (Phi) is 2.72. The molecule has 2 aromatic rings. The number of rotatable bonds is 1. The summed E-state index contributed by atoms with van der Waals surface area (Å²) in [5.74, 6) is 0.790. The maximum atomic E-state index is 5.68. The highest BCUT2D eigenvalue weighted by Gasteiger charge is 2.15. The summed E-state index contributed by atoms with van der Waals surface area (Å²) in [6.45, 7) is 2.00. The van der Waals surface area contributed by atoms with E-state index in [-0.39, 0.29) is 0 Å². The fourth-order valence-electron chi connectivity index (χ4n) is 2.23. The van der Waals surface area contributed by atoms with E-state index >= 15 is 0 Å². The second-order valence-electron chi connectivity index (χ2n) is 4.78. The molecule has 0 amide bonds. The molecule has 4 heteroatoms. The SMILES string of the molecule is CN1CCc2nc(-c3ccc(N)cc3)ncc2C1. The summed E-state index contributed by atoms with van der Waals surface area (Å²) < 4.78 is 0. The van der Waals surface area contributed by atoms with E-state index < -0.39 is 0 Å². The van der Waals surface area contributed by atoms with Crippen LogP contribution >= 0.6 is 0 Å². The Bertz CT molecular complexity index is 563. The van der Waals surface area contributed by atoms with E-state index in [0.717, 1.165) is 36.6 Å². The number of hydrogen-bond acceptors (Lipinski definition) is 4. The Balaban J connectivity index is 1.97. The van der Waals surface area contributed by atoms with E-state index in [1.54, 1.807) is 0 Å². The van der Waals surface area contributed by atoms with Crippen molar-refractivity contribution in [2.24, 2.45) is 0 Å². The topological polar surface area (TPSA) is 55.0 Å². The van der Waals surface area contributed by atoms with E-state index in [4.69, 9.17) is 5.73 Å². The Morgan fingerprint density at radius 3 is 2.78 bits per heavy atom. The van der Waals surface area contributed by atoms with Gasteiger partial charge in [0, 0.05) is 42.5 Å². The van der Waals surface area contributed by atoms with Crippen molar-refractivity contribution in [3.63, 3.8) is 0 Å². The second-order valence-corrected chi connectivity index (χ2v) is 4.78. The monoisotopic (exact) mass is 240 g/mol. The summed E-state index contributed by atoms with van der Waals surface area (Å²) in [7, 11) is 2.12. The van der Waals surface area contributed by atoms with Crippen molar-refractivity contribution in [2.45, 2.75) is 13.0 Å². The fraction of sp³-hybridized carbons (Fsp3) is 0.286. The van der Waals surface area contributed by atoms with Crippen LogP contribution in [0.1, 0.15) is 11.3 Å². The largest absolute Gasteiger partial charge is 0.399 e. The number of anilines is 1. The van der Waals surface area contributed by atoms with Crippen LogP contribution in [0.25, 0.3) is 11.4 Å². The normalized spacial score (nSPS) is 15.4. The molecule has 0 radical (unpaired) electrons. The zero-order chi connectivity index (χ0) is 12.5. The molecule has 2 N–H and O–H groups in total. The first kappa shape index (κ1) is 11.2. The van der Waals surface area contributed by atoms with Gasteiger partial charge in [-0.2, -0.15) is 0 Å². The first-order valence-corrected chi connectivity index (χ1v) is 6.11. The highest BCUT2D eigenvalue weighted by atomic mass is 15.1. The van der Waals surface area contributed by atoms with Gasteiger partial charge in [-0.25, -0.2) is 9.97 Å². The molecule has 2 heterocycles. The quantitative estimate of drug-likeness (QED) is 0.771.